The van der Waals surface area contributed by atoms with Crippen LogP contribution in [-0.2, 0) is 6.54 Å². The van der Waals surface area contributed by atoms with E-state index in [-0.39, 0.29) is 12.1 Å². The van der Waals surface area contributed by atoms with Gasteiger partial charge in [0.05, 0.1) is 18.3 Å². The van der Waals surface area contributed by atoms with Gasteiger partial charge in [0.15, 0.2) is 5.76 Å². The van der Waals surface area contributed by atoms with Crippen molar-refractivity contribution >= 4 is 0 Å². The van der Waals surface area contributed by atoms with Crippen LogP contribution in [0.1, 0.15) is 23.1 Å². The number of hydrogen-bond acceptors (Lipinski definition) is 4. The summed E-state index contributed by atoms with van der Waals surface area (Å²) in [6.45, 7) is 2.30. The number of benzene rings is 1. The van der Waals surface area contributed by atoms with Gasteiger partial charge in [-0.05, 0) is 13.0 Å². The largest absolute Gasteiger partial charge is 0.387 e. The van der Waals surface area contributed by atoms with E-state index in [1.54, 1.807) is 13.0 Å². The summed E-state index contributed by atoms with van der Waals surface area (Å²) < 4.78 is 31.1. The molecule has 6 heteroatoms. The second kappa shape index (κ2) is 5.90. The third kappa shape index (κ3) is 3.59. The molecule has 0 aliphatic rings. The molecule has 1 atom stereocenters. The van der Waals surface area contributed by atoms with Crippen LogP contribution in [0.5, 0.6) is 0 Å². The highest BCUT2D eigenvalue weighted by Gasteiger charge is 2.13. The molecule has 0 bridgehead atoms. The van der Waals surface area contributed by atoms with Crippen molar-refractivity contribution in [2.24, 2.45) is 0 Å². The Kier molecular flexibility index (Phi) is 4.24. The highest BCUT2D eigenvalue weighted by molar-refractivity contribution is 5.21. The SMILES string of the molecule is Cc1cc(CNCC(O)c2ccc(F)cc2F)on1. The average molecular weight is 268 g/mol. The number of aliphatic hydroxyl groups excluding tert-OH is 1. The molecule has 1 aromatic carbocycles. The van der Waals surface area contributed by atoms with E-state index >= 15 is 0 Å². The van der Waals surface area contributed by atoms with Crippen LogP contribution >= 0.6 is 0 Å². The van der Waals surface area contributed by atoms with Gasteiger partial charge < -0.3 is 14.9 Å². The first kappa shape index (κ1) is 13.6. The summed E-state index contributed by atoms with van der Waals surface area (Å²) in [4.78, 5) is 0. The van der Waals surface area contributed by atoms with Gasteiger partial charge in [-0.3, -0.25) is 0 Å². The molecule has 0 saturated heterocycles. The lowest BCUT2D eigenvalue weighted by molar-refractivity contribution is 0.168. The summed E-state index contributed by atoms with van der Waals surface area (Å²) >= 11 is 0. The minimum atomic E-state index is -1.05. The molecule has 102 valence electrons. The quantitative estimate of drug-likeness (QED) is 0.871. The topological polar surface area (TPSA) is 58.3 Å². The number of nitrogens with one attached hydrogen (secondary N) is 1. The summed E-state index contributed by atoms with van der Waals surface area (Å²) in [5, 5.41) is 16.4. The van der Waals surface area contributed by atoms with Crippen molar-refractivity contribution < 1.29 is 18.4 Å². The number of aliphatic hydroxyl groups is 1. The molecule has 0 saturated carbocycles. The molecule has 0 aliphatic carbocycles. The second-order valence-corrected chi connectivity index (χ2v) is 4.25. The predicted octanol–water partition coefficient (Wildman–Crippen LogP) is 2.08. The van der Waals surface area contributed by atoms with Crippen molar-refractivity contribution in [3.8, 4) is 0 Å². The zero-order chi connectivity index (χ0) is 13.8. The van der Waals surface area contributed by atoms with Gasteiger partial charge in [0.1, 0.15) is 11.6 Å². The Labute approximate surface area is 109 Å². The van der Waals surface area contributed by atoms with Crippen LogP contribution in [-0.4, -0.2) is 16.8 Å². The van der Waals surface area contributed by atoms with Gasteiger partial charge in [-0.1, -0.05) is 11.2 Å². The lowest BCUT2D eigenvalue weighted by atomic mass is 10.1. The number of aromatic nitrogens is 1. The van der Waals surface area contributed by atoms with E-state index in [2.05, 4.69) is 10.5 Å². The van der Waals surface area contributed by atoms with Crippen molar-refractivity contribution in [2.45, 2.75) is 19.6 Å². The molecular weight excluding hydrogens is 254 g/mol. The van der Waals surface area contributed by atoms with Crippen LogP contribution in [0.2, 0.25) is 0 Å². The van der Waals surface area contributed by atoms with Crippen LogP contribution in [0.25, 0.3) is 0 Å². The van der Waals surface area contributed by atoms with Crippen molar-refractivity contribution in [3.63, 3.8) is 0 Å². The molecule has 4 nitrogen and oxygen atoms in total. The maximum absolute atomic E-state index is 13.4. The number of rotatable bonds is 5. The third-order valence-electron chi connectivity index (χ3n) is 2.64. The van der Waals surface area contributed by atoms with Gasteiger partial charge in [0, 0.05) is 24.2 Å². The highest BCUT2D eigenvalue weighted by Crippen LogP contribution is 2.17. The van der Waals surface area contributed by atoms with E-state index in [1.165, 1.54) is 6.07 Å². The van der Waals surface area contributed by atoms with Crippen molar-refractivity contribution in [2.75, 3.05) is 6.54 Å². The molecule has 0 spiro atoms. The van der Waals surface area contributed by atoms with Crippen molar-refractivity contribution in [3.05, 3.63) is 52.9 Å². The van der Waals surface area contributed by atoms with E-state index in [4.69, 9.17) is 4.52 Å². The molecule has 1 aromatic heterocycles. The fraction of sp³-hybridized carbons (Fsp3) is 0.308. The minimum Gasteiger partial charge on any atom is -0.387 e. The first-order chi connectivity index (χ1) is 9.06. The van der Waals surface area contributed by atoms with Gasteiger partial charge in [0.2, 0.25) is 0 Å². The fourth-order valence-electron chi connectivity index (χ4n) is 1.71. The van der Waals surface area contributed by atoms with Gasteiger partial charge >= 0.3 is 0 Å². The van der Waals surface area contributed by atoms with Gasteiger partial charge in [-0.15, -0.1) is 0 Å². The maximum atomic E-state index is 13.4. The summed E-state index contributed by atoms with van der Waals surface area (Å²) in [7, 11) is 0. The maximum Gasteiger partial charge on any atom is 0.150 e. The summed E-state index contributed by atoms with van der Waals surface area (Å²) in [6.07, 6.45) is -1.05. The Balaban J connectivity index is 1.88. The molecule has 1 heterocycles. The predicted molar refractivity (Wildman–Crippen MR) is 64.3 cm³/mol. The summed E-state index contributed by atoms with van der Waals surface area (Å²) in [6, 6.07) is 4.85. The van der Waals surface area contributed by atoms with Gasteiger partial charge in [-0.2, -0.15) is 0 Å². The van der Waals surface area contributed by atoms with Crippen LogP contribution in [0.15, 0.2) is 28.8 Å². The van der Waals surface area contributed by atoms with E-state index in [0.717, 1.165) is 17.8 Å². The van der Waals surface area contributed by atoms with E-state index in [1.807, 2.05) is 0 Å². The molecule has 2 aromatic rings. The smallest absolute Gasteiger partial charge is 0.150 e. The zero-order valence-corrected chi connectivity index (χ0v) is 10.4. The summed E-state index contributed by atoms with van der Waals surface area (Å²) in [5.41, 5.74) is 0.824. The molecule has 2 N–H and O–H groups in total. The van der Waals surface area contributed by atoms with Crippen LogP contribution in [0.4, 0.5) is 8.78 Å². The van der Waals surface area contributed by atoms with Crippen LogP contribution in [0, 0.1) is 18.6 Å². The molecule has 2 rings (SSSR count). The van der Waals surface area contributed by atoms with E-state index < -0.39 is 17.7 Å². The van der Waals surface area contributed by atoms with Crippen molar-refractivity contribution in [1.82, 2.24) is 10.5 Å². The molecule has 0 amide bonds. The normalized spacial score (nSPS) is 12.6. The minimum absolute atomic E-state index is 0.0580. The monoisotopic (exact) mass is 268 g/mol. The van der Waals surface area contributed by atoms with Crippen LogP contribution in [0.3, 0.4) is 0 Å². The Morgan fingerprint density at radius 1 is 1.37 bits per heavy atom. The molecule has 0 fully saturated rings. The highest BCUT2D eigenvalue weighted by atomic mass is 19.1. The number of nitrogens with zero attached hydrogens (tertiary/aromatic N) is 1. The first-order valence-corrected chi connectivity index (χ1v) is 5.82. The Bertz CT molecular complexity index is 557. The first-order valence-electron chi connectivity index (χ1n) is 5.82. The fourth-order valence-corrected chi connectivity index (χ4v) is 1.71. The lowest BCUT2D eigenvalue weighted by Crippen LogP contribution is -2.21. The number of halogens is 2. The van der Waals surface area contributed by atoms with Gasteiger partial charge in [0.25, 0.3) is 0 Å². The molecule has 1 unspecified atom stereocenters. The Morgan fingerprint density at radius 3 is 2.79 bits per heavy atom. The van der Waals surface area contributed by atoms with E-state index in [0.29, 0.717) is 12.3 Å². The van der Waals surface area contributed by atoms with E-state index in [9.17, 15) is 13.9 Å². The molecular formula is C13H14F2N2O2. The third-order valence-corrected chi connectivity index (χ3v) is 2.64. The lowest BCUT2D eigenvalue weighted by Gasteiger charge is -2.12. The van der Waals surface area contributed by atoms with Crippen LogP contribution < -0.4 is 5.32 Å². The number of aryl methyl sites for hydroxylation is 1. The number of hydrogen-bond donors (Lipinski definition) is 2. The molecule has 19 heavy (non-hydrogen) atoms. The van der Waals surface area contributed by atoms with Crippen molar-refractivity contribution in [1.29, 1.82) is 0 Å². The Hall–Kier alpha value is -1.79. The Morgan fingerprint density at radius 2 is 2.16 bits per heavy atom. The second-order valence-electron chi connectivity index (χ2n) is 4.25. The molecule has 0 aliphatic heterocycles. The standard InChI is InChI=1S/C13H14F2N2O2/c1-8-4-10(19-17-8)6-16-7-13(18)11-3-2-9(14)5-12(11)15/h2-5,13,16,18H,6-7H2,1H3. The summed E-state index contributed by atoms with van der Waals surface area (Å²) in [5.74, 6) is -0.798. The zero-order valence-electron chi connectivity index (χ0n) is 10.4. The van der Waals surface area contributed by atoms with Gasteiger partial charge in [-0.25, -0.2) is 8.78 Å². The molecule has 0 radical (unpaired) electrons. The average Bonchev–Trinajstić information content (AvgIpc) is 2.75.